The zero-order valence-corrected chi connectivity index (χ0v) is 12.5. The van der Waals surface area contributed by atoms with Gasteiger partial charge < -0.3 is 5.73 Å². The number of hydrogen-bond acceptors (Lipinski definition) is 3. The number of anilines is 1. The fourth-order valence-corrected chi connectivity index (χ4v) is 4.44. The molecule has 1 aromatic carbocycles. The maximum absolute atomic E-state index is 12.6. The number of nitrogen functional groups attached to an aromatic ring is 1. The van der Waals surface area contributed by atoms with Gasteiger partial charge in [-0.2, -0.15) is 4.31 Å². The Kier molecular flexibility index (Phi) is 4.38. The highest BCUT2D eigenvalue weighted by atomic mass is 35.5. The van der Waals surface area contributed by atoms with Crippen molar-refractivity contribution in [1.29, 1.82) is 0 Å². The quantitative estimate of drug-likeness (QED) is 0.873. The number of benzene rings is 1. The monoisotopic (exact) mass is 302 g/mol. The van der Waals surface area contributed by atoms with Crippen molar-refractivity contribution in [2.24, 2.45) is 0 Å². The van der Waals surface area contributed by atoms with Crippen molar-refractivity contribution in [2.45, 2.75) is 43.5 Å². The lowest BCUT2D eigenvalue weighted by Crippen LogP contribution is -2.43. The largest absolute Gasteiger partial charge is 0.397 e. The van der Waals surface area contributed by atoms with Crippen LogP contribution in [0.15, 0.2) is 23.1 Å². The molecule has 2 N–H and O–H groups in total. The lowest BCUT2D eigenvalue weighted by Gasteiger charge is -2.34. The van der Waals surface area contributed by atoms with Crippen molar-refractivity contribution < 1.29 is 8.42 Å². The van der Waals surface area contributed by atoms with Gasteiger partial charge >= 0.3 is 0 Å². The number of halogens is 1. The Balaban J connectivity index is 2.37. The second-order valence-electron chi connectivity index (χ2n) is 4.86. The van der Waals surface area contributed by atoms with Gasteiger partial charge in [-0.1, -0.05) is 24.9 Å². The van der Waals surface area contributed by atoms with Crippen LogP contribution >= 0.6 is 11.6 Å². The Morgan fingerprint density at radius 3 is 2.79 bits per heavy atom. The van der Waals surface area contributed by atoms with Crippen LogP contribution in [0.3, 0.4) is 0 Å². The number of nitrogens with zero attached hydrogens (tertiary/aromatic N) is 1. The fourth-order valence-electron chi connectivity index (χ4n) is 2.52. The molecule has 1 fully saturated rings. The van der Waals surface area contributed by atoms with Crippen molar-refractivity contribution in [3.8, 4) is 0 Å². The van der Waals surface area contributed by atoms with Crippen molar-refractivity contribution in [3.05, 3.63) is 23.2 Å². The van der Waals surface area contributed by atoms with E-state index in [1.807, 2.05) is 6.92 Å². The number of hydrogen-bond donors (Lipinski definition) is 1. The first-order valence-corrected chi connectivity index (χ1v) is 8.35. The van der Waals surface area contributed by atoms with Crippen molar-refractivity contribution >= 4 is 27.3 Å². The summed E-state index contributed by atoms with van der Waals surface area (Å²) in [7, 11) is -3.47. The highest BCUT2D eigenvalue weighted by Gasteiger charge is 2.32. The average Bonchev–Trinajstić information content (AvgIpc) is 2.41. The van der Waals surface area contributed by atoms with Gasteiger partial charge in [0.05, 0.1) is 15.6 Å². The van der Waals surface area contributed by atoms with E-state index in [2.05, 4.69) is 0 Å². The summed E-state index contributed by atoms with van der Waals surface area (Å²) in [6, 6.07) is 4.60. The van der Waals surface area contributed by atoms with E-state index in [0.717, 1.165) is 25.7 Å². The third-order valence-corrected chi connectivity index (χ3v) is 5.91. The predicted octanol–water partition coefficient (Wildman–Crippen LogP) is 2.88. The van der Waals surface area contributed by atoms with Gasteiger partial charge in [0.25, 0.3) is 0 Å². The van der Waals surface area contributed by atoms with E-state index in [0.29, 0.717) is 17.3 Å². The van der Waals surface area contributed by atoms with E-state index in [9.17, 15) is 8.42 Å². The number of piperidine rings is 1. The fraction of sp³-hybridized carbons (Fsp3) is 0.538. The highest BCUT2D eigenvalue weighted by molar-refractivity contribution is 7.89. The Hall–Kier alpha value is -0.780. The molecule has 4 nitrogen and oxygen atoms in total. The molecule has 2 rings (SSSR count). The molecule has 106 valence electrons. The van der Waals surface area contributed by atoms with Gasteiger partial charge in [0.1, 0.15) is 0 Å². The summed E-state index contributed by atoms with van der Waals surface area (Å²) < 4.78 is 26.9. The smallest absolute Gasteiger partial charge is 0.243 e. The van der Waals surface area contributed by atoms with E-state index in [1.165, 1.54) is 18.2 Å². The summed E-state index contributed by atoms with van der Waals surface area (Å²) in [5.74, 6) is 0. The van der Waals surface area contributed by atoms with Crippen LogP contribution in [-0.4, -0.2) is 25.3 Å². The molecule has 19 heavy (non-hydrogen) atoms. The summed E-state index contributed by atoms with van der Waals surface area (Å²) >= 11 is 5.84. The standard InChI is InChI=1S/C13H19ClN2O2S/c1-2-10-5-3-4-8-16(10)19(17,18)11-6-7-12(14)13(15)9-11/h6-7,9-10H,2-5,8,15H2,1H3/t10-/m0/s1. The van der Waals surface area contributed by atoms with Crippen LogP contribution in [0.4, 0.5) is 5.69 Å². The molecule has 0 aromatic heterocycles. The summed E-state index contributed by atoms with van der Waals surface area (Å²) in [6.07, 6.45) is 3.77. The van der Waals surface area contributed by atoms with E-state index in [-0.39, 0.29) is 10.9 Å². The van der Waals surface area contributed by atoms with Crippen molar-refractivity contribution in [1.82, 2.24) is 4.31 Å². The van der Waals surface area contributed by atoms with Crippen LogP contribution in [0.5, 0.6) is 0 Å². The van der Waals surface area contributed by atoms with E-state index >= 15 is 0 Å². The molecule has 0 spiro atoms. The molecule has 1 aliphatic heterocycles. The molecule has 0 saturated carbocycles. The maximum atomic E-state index is 12.6. The molecule has 0 aliphatic carbocycles. The number of sulfonamides is 1. The lowest BCUT2D eigenvalue weighted by atomic mass is 10.0. The van der Waals surface area contributed by atoms with Crippen LogP contribution in [-0.2, 0) is 10.0 Å². The molecule has 0 unspecified atom stereocenters. The zero-order chi connectivity index (χ0) is 14.0. The van der Waals surface area contributed by atoms with Crippen LogP contribution in [0.1, 0.15) is 32.6 Å². The lowest BCUT2D eigenvalue weighted by molar-refractivity contribution is 0.246. The number of rotatable bonds is 3. The average molecular weight is 303 g/mol. The summed E-state index contributed by atoms with van der Waals surface area (Å²) in [4.78, 5) is 0.231. The molecular formula is C13H19ClN2O2S. The van der Waals surface area contributed by atoms with Gasteiger partial charge in [-0.25, -0.2) is 8.42 Å². The Labute approximate surface area is 119 Å². The topological polar surface area (TPSA) is 63.4 Å². The van der Waals surface area contributed by atoms with Gasteiger partial charge in [-0.3, -0.25) is 0 Å². The summed E-state index contributed by atoms with van der Waals surface area (Å²) in [5.41, 5.74) is 6.00. The normalized spacial score (nSPS) is 21.5. The molecule has 6 heteroatoms. The molecule has 1 saturated heterocycles. The summed E-state index contributed by atoms with van der Waals surface area (Å²) in [6.45, 7) is 2.61. The third kappa shape index (κ3) is 2.88. The molecule has 0 amide bonds. The second-order valence-corrected chi connectivity index (χ2v) is 7.15. The van der Waals surface area contributed by atoms with Crippen LogP contribution in [0, 0.1) is 0 Å². The first kappa shape index (κ1) is 14.6. The highest BCUT2D eigenvalue weighted by Crippen LogP contribution is 2.29. The van der Waals surface area contributed by atoms with Crippen molar-refractivity contribution in [2.75, 3.05) is 12.3 Å². The minimum atomic E-state index is -3.47. The van der Waals surface area contributed by atoms with E-state index < -0.39 is 10.0 Å². The molecule has 0 radical (unpaired) electrons. The first-order chi connectivity index (χ1) is 8.96. The third-order valence-electron chi connectivity index (χ3n) is 3.62. The van der Waals surface area contributed by atoms with Gasteiger partial charge in [0.15, 0.2) is 0 Å². The molecule has 1 heterocycles. The van der Waals surface area contributed by atoms with Gasteiger partial charge in [-0.05, 0) is 37.5 Å². The van der Waals surface area contributed by atoms with E-state index in [1.54, 1.807) is 4.31 Å². The van der Waals surface area contributed by atoms with Gasteiger partial charge in [-0.15, -0.1) is 0 Å². The predicted molar refractivity (Wildman–Crippen MR) is 77.7 cm³/mol. The van der Waals surface area contributed by atoms with Gasteiger partial charge in [0.2, 0.25) is 10.0 Å². The SMILES string of the molecule is CC[C@H]1CCCCN1S(=O)(=O)c1ccc(Cl)c(N)c1. The Morgan fingerprint density at radius 2 is 2.16 bits per heavy atom. The molecule has 1 aromatic rings. The summed E-state index contributed by atoms with van der Waals surface area (Å²) in [5, 5.41) is 0.379. The first-order valence-electron chi connectivity index (χ1n) is 6.53. The molecular weight excluding hydrogens is 284 g/mol. The molecule has 0 bridgehead atoms. The maximum Gasteiger partial charge on any atom is 0.243 e. The Morgan fingerprint density at radius 1 is 1.42 bits per heavy atom. The molecule has 1 aliphatic rings. The zero-order valence-electron chi connectivity index (χ0n) is 11.0. The second kappa shape index (κ2) is 5.69. The van der Waals surface area contributed by atoms with E-state index in [4.69, 9.17) is 17.3 Å². The van der Waals surface area contributed by atoms with Gasteiger partial charge in [0, 0.05) is 12.6 Å². The minimum absolute atomic E-state index is 0.0932. The van der Waals surface area contributed by atoms with Crippen LogP contribution < -0.4 is 5.73 Å². The number of nitrogens with two attached hydrogens (primary N) is 1. The van der Waals surface area contributed by atoms with Crippen LogP contribution in [0.25, 0.3) is 0 Å². The van der Waals surface area contributed by atoms with Crippen molar-refractivity contribution in [3.63, 3.8) is 0 Å². The minimum Gasteiger partial charge on any atom is -0.397 e. The van der Waals surface area contributed by atoms with Crippen LogP contribution in [0.2, 0.25) is 5.02 Å². The Bertz CT molecular complexity index is 560. The molecule has 1 atom stereocenters.